The highest BCUT2D eigenvalue weighted by Crippen LogP contribution is 2.37. The van der Waals surface area contributed by atoms with Crippen molar-refractivity contribution in [3.05, 3.63) is 68.6 Å². The summed E-state index contributed by atoms with van der Waals surface area (Å²) in [4.78, 5) is 36.7. The molecule has 0 saturated carbocycles. The van der Waals surface area contributed by atoms with Crippen molar-refractivity contribution >= 4 is 34.7 Å². The number of ether oxygens (including phenoxy) is 2. The van der Waals surface area contributed by atoms with E-state index in [0.29, 0.717) is 22.6 Å². The summed E-state index contributed by atoms with van der Waals surface area (Å²) in [6.45, 7) is -0.0427. The number of carbonyl (C=O) groups is 2. The molecule has 2 aromatic carbocycles. The Morgan fingerprint density at radius 2 is 1.89 bits per heavy atom. The molecule has 1 aliphatic rings. The van der Waals surface area contributed by atoms with Gasteiger partial charge in [0.05, 0.1) is 30.6 Å². The number of benzene rings is 2. The lowest BCUT2D eigenvalue weighted by atomic mass is 10.1. The van der Waals surface area contributed by atoms with Crippen LogP contribution in [-0.2, 0) is 11.3 Å². The van der Waals surface area contributed by atoms with E-state index in [0.717, 1.165) is 16.7 Å². The van der Waals surface area contributed by atoms with Crippen molar-refractivity contribution in [1.29, 1.82) is 0 Å². The molecule has 0 N–H and O–H groups in total. The van der Waals surface area contributed by atoms with E-state index in [2.05, 4.69) is 0 Å². The Kier molecular flexibility index (Phi) is 5.65. The second-order valence-corrected chi connectivity index (χ2v) is 6.77. The first-order valence-corrected chi connectivity index (χ1v) is 8.96. The van der Waals surface area contributed by atoms with E-state index in [1.165, 1.54) is 32.4 Å². The zero-order valence-corrected chi connectivity index (χ0v) is 15.9. The quantitative estimate of drug-likeness (QED) is 0.412. The van der Waals surface area contributed by atoms with Crippen molar-refractivity contribution < 1.29 is 24.0 Å². The predicted octanol–water partition coefficient (Wildman–Crippen LogP) is 3.85. The topological polar surface area (TPSA) is 99.0 Å². The number of methoxy groups -OCH3 is 2. The van der Waals surface area contributed by atoms with Gasteiger partial charge in [-0.2, -0.15) is 0 Å². The molecule has 2 amide bonds. The lowest BCUT2D eigenvalue weighted by Crippen LogP contribution is -2.27. The van der Waals surface area contributed by atoms with Gasteiger partial charge in [-0.25, -0.2) is 0 Å². The number of amides is 2. The van der Waals surface area contributed by atoms with Gasteiger partial charge in [0.2, 0.25) is 0 Å². The van der Waals surface area contributed by atoms with E-state index in [4.69, 9.17) is 9.47 Å². The van der Waals surface area contributed by atoms with Gasteiger partial charge >= 0.3 is 0 Å². The molecule has 0 unspecified atom stereocenters. The van der Waals surface area contributed by atoms with Crippen LogP contribution >= 0.6 is 11.8 Å². The van der Waals surface area contributed by atoms with Crippen LogP contribution in [0.15, 0.2) is 47.4 Å². The summed E-state index contributed by atoms with van der Waals surface area (Å²) in [5.41, 5.74) is 1.00. The van der Waals surface area contributed by atoms with E-state index in [9.17, 15) is 19.7 Å². The number of nitro benzene ring substituents is 1. The summed E-state index contributed by atoms with van der Waals surface area (Å²) in [6, 6.07) is 11.1. The van der Waals surface area contributed by atoms with Crippen LogP contribution in [0.1, 0.15) is 11.1 Å². The van der Waals surface area contributed by atoms with Crippen LogP contribution in [0.25, 0.3) is 6.08 Å². The minimum absolute atomic E-state index is 0.0427. The number of nitrogens with zero attached hydrogens (tertiary/aromatic N) is 2. The molecule has 0 atom stereocenters. The molecule has 1 saturated heterocycles. The zero-order valence-electron chi connectivity index (χ0n) is 15.1. The number of hydrogen-bond donors (Lipinski definition) is 0. The van der Waals surface area contributed by atoms with E-state index in [-0.39, 0.29) is 17.1 Å². The molecule has 0 spiro atoms. The molecule has 0 aromatic heterocycles. The van der Waals surface area contributed by atoms with E-state index in [1.807, 2.05) is 0 Å². The van der Waals surface area contributed by atoms with Crippen LogP contribution in [-0.4, -0.2) is 35.2 Å². The van der Waals surface area contributed by atoms with Crippen molar-refractivity contribution in [2.75, 3.05) is 14.2 Å². The number of para-hydroxylation sites is 1. The van der Waals surface area contributed by atoms with Crippen LogP contribution in [0.3, 0.4) is 0 Å². The highest BCUT2D eigenvalue weighted by atomic mass is 32.2. The summed E-state index contributed by atoms with van der Waals surface area (Å²) in [7, 11) is 3.00. The summed E-state index contributed by atoms with van der Waals surface area (Å²) < 4.78 is 10.6. The Morgan fingerprint density at radius 3 is 2.57 bits per heavy atom. The molecule has 9 heteroatoms. The maximum Gasteiger partial charge on any atom is 0.293 e. The van der Waals surface area contributed by atoms with E-state index in [1.54, 1.807) is 30.3 Å². The molecular weight excluding hydrogens is 384 g/mol. The fraction of sp³-hybridized carbons (Fsp3) is 0.158. The van der Waals surface area contributed by atoms with Gasteiger partial charge < -0.3 is 9.47 Å². The van der Waals surface area contributed by atoms with Gasteiger partial charge in [-0.3, -0.25) is 24.6 Å². The number of imide groups is 1. The number of nitro groups is 1. The number of hydrogen-bond acceptors (Lipinski definition) is 7. The van der Waals surface area contributed by atoms with Gasteiger partial charge in [0.25, 0.3) is 16.8 Å². The zero-order chi connectivity index (χ0) is 20.3. The van der Waals surface area contributed by atoms with Crippen molar-refractivity contribution in [2.24, 2.45) is 0 Å². The summed E-state index contributed by atoms with van der Waals surface area (Å²) in [6.07, 6.45) is 1.57. The minimum Gasteiger partial charge on any atom is -0.493 e. The SMILES string of the molecule is COc1cccc(/C=C2\SC(=O)N(Cc3cccc([N+](=O)[O-])c3)C2=O)c1OC. The first-order chi connectivity index (χ1) is 13.4. The largest absolute Gasteiger partial charge is 0.493 e. The monoisotopic (exact) mass is 400 g/mol. The Bertz CT molecular complexity index is 988. The Hall–Kier alpha value is -3.33. The lowest BCUT2D eigenvalue weighted by molar-refractivity contribution is -0.384. The summed E-state index contributed by atoms with van der Waals surface area (Å²) >= 11 is 0.807. The van der Waals surface area contributed by atoms with Gasteiger partial charge in [0.15, 0.2) is 11.5 Å². The summed E-state index contributed by atoms with van der Waals surface area (Å²) in [5, 5.41) is 10.5. The smallest absolute Gasteiger partial charge is 0.293 e. The molecule has 1 heterocycles. The average Bonchev–Trinajstić information content (AvgIpc) is 2.95. The van der Waals surface area contributed by atoms with Crippen LogP contribution < -0.4 is 9.47 Å². The molecule has 1 aliphatic heterocycles. The predicted molar refractivity (Wildman–Crippen MR) is 104 cm³/mol. The third-order valence-electron chi connectivity index (χ3n) is 4.06. The van der Waals surface area contributed by atoms with Crippen molar-refractivity contribution in [2.45, 2.75) is 6.54 Å². The third kappa shape index (κ3) is 3.84. The van der Waals surface area contributed by atoms with Crippen LogP contribution in [0.2, 0.25) is 0 Å². The molecule has 0 radical (unpaired) electrons. The van der Waals surface area contributed by atoms with Gasteiger partial charge in [-0.15, -0.1) is 0 Å². The Labute approximate surface area is 164 Å². The summed E-state index contributed by atoms with van der Waals surface area (Å²) in [5.74, 6) is 0.494. The second kappa shape index (κ2) is 8.13. The van der Waals surface area contributed by atoms with Crippen LogP contribution in [0, 0.1) is 10.1 Å². The standard InChI is InChI=1S/C19H16N2O6S/c1-26-15-8-4-6-13(17(15)27-2)10-16-18(22)20(19(23)28-16)11-12-5-3-7-14(9-12)21(24)25/h3-10H,11H2,1-2H3/b16-10-. The normalized spacial score (nSPS) is 15.2. The number of carbonyl (C=O) groups excluding carboxylic acids is 2. The third-order valence-corrected chi connectivity index (χ3v) is 4.96. The molecule has 28 heavy (non-hydrogen) atoms. The molecule has 2 aromatic rings. The van der Waals surface area contributed by atoms with Crippen LogP contribution in [0.4, 0.5) is 10.5 Å². The van der Waals surface area contributed by atoms with E-state index < -0.39 is 16.1 Å². The molecule has 8 nitrogen and oxygen atoms in total. The minimum atomic E-state index is -0.522. The van der Waals surface area contributed by atoms with E-state index >= 15 is 0 Å². The number of non-ortho nitro benzene ring substituents is 1. The van der Waals surface area contributed by atoms with Gasteiger partial charge in [-0.1, -0.05) is 24.3 Å². The average molecular weight is 400 g/mol. The number of rotatable bonds is 6. The highest BCUT2D eigenvalue weighted by Gasteiger charge is 2.35. The Balaban J connectivity index is 1.87. The fourth-order valence-corrected chi connectivity index (χ4v) is 3.58. The fourth-order valence-electron chi connectivity index (χ4n) is 2.75. The molecule has 0 bridgehead atoms. The molecule has 1 fully saturated rings. The maximum absolute atomic E-state index is 12.7. The lowest BCUT2D eigenvalue weighted by Gasteiger charge is -2.12. The van der Waals surface area contributed by atoms with Crippen molar-refractivity contribution in [3.8, 4) is 11.5 Å². The number of thioether (sulfide) groups is 1. The van der Waals surface area contributed by atoms with Gasteiger partial charge in [0, 0.05) is 17.7 Å². The van der Waals surface area contributed by atoms with Crippen LogP contribution in [0.5, 0.6) is 11.5 Å². The molecule has 0 aliphatic carbocycles. The van der Waals surface area contributed by atoms with Gasteiger partial charge in [0.1, 0.15) is 0 Å². The first kappa shape index (κ1) is 19.4. The highest BCUT2D eigenvalue weighted by molar-refractivity contribution is 8.18. The van der Waals surface area contributed by atoms with Crippen molar-refractivity contribution in [1.82, 2.24) is 4.90 Å². The maximum atomic E-state index is 12.7. The van der Waals surface area contributed by atoms with Gasteiger partial charge in [-0.05, 0) is 29.5 Å². The Morgan fingerprint density at radius 1 is 1.14 bits per heavy atom. The molecular formula is C19H16N2O6S. The first-order valence-electron chi connectivity index (χ1n) is 8.14. The molecule has 144 valence electrons. The molecule has 3 rings (SSSR count). The second-order valence-electron chi connectivity index (χ2n) is 5.78. The van der Waals surface area contributed by atoms with Crippen molar-refractivity contribution in [3.63, 3.8) is 0 Å².